The predicted octanol–water partition coefficient (Wildman–Crippen LogP) is 5.11. The number of hydrogen-bond donors (Lipinski definition) is 1. The third-order valence-corrected chi connectivity index (χ3v) is 3.82. The number of rotatable bonds is 7. The Morgan fingerprint density at radius 2 is 1.87 bits per heavy atom. The van der Waals surface area contributed by atoms with Crippen LogP contribution in [0.4, 0.5) is 0 Å². The van der Waals surface area contributed by atoms with E-state index in [2.05, 4.69) is 12.2 Å². The summed E-state index contributed by atoms with van der Waals surface area (Å²) in [6, 6.07) is 11.2. The maximum atomic E-state index is 6.18. The number of ether oxygens (including phenoxy) is 2. The molecule has 0 bridgehead atoms. The lowest BCUT2D eigenvalue weighted by Gasteiger charge is -2.16. The van der Waals surface area contributed by atoms with Gasteiger partial charge in [0.1, 0.15) is 6.61 Å². The Bertz CT molecular complexity index is 635. The SMILES string of the molecule is CCNCc1cccc(OC)c1OCc1ccc(Cl)cc1Cl.Cl. The molecule has 2 aromatic carbocycles. The zero-order chi connectivity index (χ0) is 15.9. The fourth-order valence-electron chi connectivity index (χ4n) is 2.07. The molecule has 0 spiro atoms. The highest BCUT2D eigenvalue weighted by Crippen LogP contribution is 2.32. The molecule has 0 aliphatic rings. The summed E-state index contributed by atoms with van der Waals surface area (Å²) in [6.45, 7) is 4.03. The maximum absolute atomic E-state index is 6.18. The molecule has 0 atom stereocenters. The summed E-state index contributed by atoms with van der Waals surface area (Å²) in [4.78, 5) is 0. The van der Waals surface area contributed by atoms with Crippen molar-refractivity contribution in [2.45, 2.75) is 20.1 Å². The second-order valence-corrected chi connectivity index (χ2v) is 5.60. The molecule has 0 aliphatic heterocycles. The molecule has 2 rings (SSSR count). The van der Waals surface area contributed by atoms with Crippen LogP contribution in [-0.4, -0.2) is 13.7 Å². The van der Waals surface area contributed by atoms with Crippen LogP contribution >= 0.6 is 35.6 Å². The Morgan fingerprint density at radius 3 is 2.52 bits per heavy atom. The Morgan fingerprint density at radius 1 is 1.09 bits per heavy atom. The van der Waals surface area contributed by atoms with Crippen LogP contribution in [0.5, 0.6) is 11.5 Å². The number of halogens is 3. The summed E-state index contributed by atoms with van der Waals surface area (Å²) in [7, 11) is 1.63. The molecule has 0 saturated carbocycles. The Balaban J connectivity index is 0.00000264. The van der Waals surface area contributed by atoms with E-state index in [1.165, 1.54) is 0 Å². The van der Waals surface area contributed by atoms with Crippen LogP contribution < -0.4 is 14.8 Å². The molecule has 6 heteroatoms. The highest BCUT2D eigenvalue weighted by Gasteiger charge is 2.11. The third-order valence-electron chi connectivity index (χ3n) is 3.23. The first kappa shape index (κ1) is 19.9. The molecule has 0 fully saturated rings. The number of para-hydroxylation sites is 1. The molecule has 0 heterocycles. The van der Waals surface area contributed by atoms with Gasteiger partial charge in [0.05, 0.1) is 7.11 Å². The lowest BCUT2D eigenvalue weighted by atomic mass is 10.1. The fourth-order valence-corrected chi connectivity index (χ4v) is 2.54. The van der Waals surface area contributed by atoms with Crippen LogP contribution in [0.25, 0.3) is 0 Å². The molecule has 1 N–H and O–H groups in total. The predicted molar refractivity (Wildman–Crippen MR) is 98.4 cm³/mol. The van der Waals surface area contributed by atoms with Gasteiger partial charge in [-0.1, -0.05) is 48.3 Å². The topological polar surface area (TPSA) is 30.5 Å². The molecule has 0 aromatic heterocycles. The van der Waals surface area contributed by atoms with Crippen molar-refractivity contribution < 1.29 is 9.47 Å². The minimum atomic E-state index is 0. The van der Waals surface area contributed by atoms with Crippen molar-refractivity contribution in [2.75, 3.05) is 13.7 Å². The third kappa shape index (κ3) is 5.47. The molecule has 3 nitrogen and oxygen atoms in total. The van der Waals surface area contributed by atoms with Gasteiger partial charge in [-0.3, -0.25) is 0 Å². The van der Waals surface area contributed by atoms with Gasteiger partial charge in [-0.15, -0.1) is 12.4 Å². The summed E-state index contributed by atoms with van der Waals surface area (Å²) in [6.07, 6.45) is 0. The molecular weight excluding hydrogens is 357 g/mol. The summed E-state index contributed by atoms with van der Waals surface area (Å²) in [5.41, 5.74) is 1.93. The molecule has 23 heavy (non-hydrogen) atoms. The van der Waals surface area contributed by atoms with Crippen molar-refractivity contribution >= 4 is 35.6 Å². The van der Waals surface area contributed by atoms with Crippen molar-refractivity contribution in [3.63, 3.8) is 0 Å². The number of hydrogen-bond acceptors (Lipinski definition) is 3. The van der Waals surface area contributed by atoms with Gasteiger partial charge >= 0.3 is 0 Å². The van der Waals surface area contributed by atoms with Crippen molar-refractivity contribution in [3.8, 4) is 11.5 Å². The van der Waals surface area contributed by atoms with Gasteiger partial charge in [0.2, 0.25) is 0 Å². The van der Waals surface area contributed by atoms with Crippen molar-refractivity contribution in [3.05, 3.63) is 57.6 Å². The average molecular weight is 377 g/mol. The minimum absolute atomic E-state index is 0. The van der Waals surface area contributed by atoms with Gasteiger partial charge in [0, 0.05) is 27.7 Å². The van der Waals surface area contributed by atoms with Crippen LogP contribution in [0, 0.1) is 0 Å². The van der Waals surface area contributed by atoms with Crippen LogP contribution in [0.3, 0.4) is 0 Å². The van der Waals surface area contributed by atoms with Gasteiger partial charge in [0.15, 0.2) is 11.5 Å². The fraction of sp³-hybridized carbons (Fsp3) is 0.294. The zero-order valence-electron chi connectivity index (χ0n) is 13.1. The first-order valence-electron chi connectivity index (χ1n) is 7.09. The summed E-state index contributed by atoms with van der Waals surface area (Å²) >= 11 is 12.1. The molecule has 2 aromatic rings. The molecule has 0 unspecified atom stereocenters. The second-order valence-electron chi connectivity index (χ2n) is 4.75. The quantitative estimate of drug-likeness (QED) is 0.728. The van der Waals surface area contributed by atoms with Crippen molar-refractivity contribution in [2.24, 2.45) is 0 Å². The van der Waals surface area contributed by atoms with E-state index in [4.69, 9.17) is 32.7 Å². The zero-order valence-corrected chi connectivity index (χ0v) is 15.4. The van der Waals surface area contributed by atoms with Gasteiger partial charge in [-0.25, -0.2) is 0 Å². The van der Waals surface area contributed by atoms with Crippen LogP contribution in [0.15, 0.2) is 36.4 Å². The summed E-state index contributed by atoms with van der Waals surface area (Å²) < 4.78 is 11.4. The van der Waals surface area contributed by atoms with Gasteiger partial charge < -0.3 is 14.8 Å². The highest BCUT2D eigenvalue weighted by molar-refractivity contribution is 6.35. The van der Waals surface area contributed by atoms with Gasteiger partial charge in [-0.2, -0.15) is 0 Å². The lowest BCUT2D eigenvalue weighted by Crippen LogP contribution is -2.13. The van der Waals surface area contributed by atoms with E-state index >= 15 is 0 Å². The smallest absolute Gasteiger partial charge is 0.166 e. The Labute approximate surface area is 153 Å². The van der Waals surface area contributed by atoms with Gasteiger partial charge in [-0.05, 0) is 24.7 Å². The second kappa shape index (κ2) is 9.89. The molecular formula is C17H20Cl3NO2. The van der Waals surface area contributed by atoms with E-state index in [9.17, 15) is 0 Å². The van der Waals surface area contributed by atoms with Gasteiger partial charge in [0.25, 0.3) is 0 Å². The monoisotopic (exact) mass is 375 g/mol. The van der Waals surface area contributed by atoms with E-state index < -0.39 is 0 Å². The Hall–Kier alpha value is -1.13. The molecule has 0 amide bonds. The first-order valence-corrected chi connectivity index (χ1v) is 7.84. The highest BCUT2D eigenvalue weighted by atomic mass is 35.5. The molecule has 0 saturated heterocycles. The van der Waals surface area contributed by atoms with E-state index in [1.54, 1.807) is 19.2 Å². The number of benzene rings is 2. The normalized spacial score (nSPS) is 10.1. The van der Waals surface area contributed by atoms with E-state index in [0.29, 0.717) is 22.4 Å². The van der Waals surface area contributed by atoms with E-state index in [1.807, 2.05) is 24.3 Å². The van der Waals surface area contributed by atoms with Crippen LogP contribution in [0.2, 0.25) is 10.0 Å². The first-order chi connectivity index (χ1) is 10.7. The van der Waals surface area contributed by atoms with Crippen LogP contribution in [-0.2, 0) is 13.2 Å². The standard InChI is InChI=1S/C17H19Cl2NO2.ClH/c1-3-20-10-12-5-4-6-16(21-2)17(12)22-11-13-7-8-14(18)9-15(13)19;/h4-9,20H,3,10-11H2,1-2H3;1H. The summed E-state index contributed by atoms with van der Waals surface area (Å²) in [5.74, 6) is 1.44. The molecule has 126 valence electrons. The van der Waals surface area contributed by atoms with E-state index in [0.717, 1.165) is 30.0 Å². The lowest BCUT2D eigenvalue weighted by molar-refractivity contribution is 0.281. The van der Waals surface area contributed by atoms with E-state index in [-0.39, 0.29) is 12.4 Å². The molecule has 0 aliphatic carbocycles. The van der Waals surface area contributed by atoms with Crippen LogP contribution in [0.1, 0.15) is 18.1 Å². The summed E-state index contributed by atoms with van der Waals surface area (Å²) in [5, 5.41) is 4.50. The average Bonchev–Trinajstić information content (AvgIpc) is 2.52. The maximum Gasteiger partial charge on any atom is 0.166 e. The molecule has 0 radical (unpaired) electrons. The number of nitrogens with one attached hydrogen (secondary N) is 1. The van der Waals surface area contributed by atoms with Crippen molar-refractivity contribution in [1.29, 1.82) is 0 Å². The minimum Gasteiger partial charge on any atom is -0.493 e. The largest absolute Gasteiger partial charge is 0.493 e. The Kier molecular flexibility index (Phi) is 8.56. The van der Waals surface area contributed by atoms with Crippen molar-refractivity contribution in [1.82, 2.24) is 5.32 Å². The number of methoxy groups -OCH3 is 1.